The maximum atomic E-state index is 11.0. The lowest BCUT2D eigenvalue weighted by Gasteiger charge is -2.01. The van der Waals surface area contributed by atoms with E-state index in [0.29, 0.717) is 4.88 Å². The van der Waals surface area contributed by atoms with E-state index in [9.17, 15) is 14.9 Å². The number of carbonyl (C=O) groups is 1. The van der Waals surface area contributed by atoms with Crippen molar-refractivity contribution in [3.8, 4) is 5.69 Å². The molecule has 0 spiro atoms. The number of carboxylic acids is 1. The molecule has 0 aliphatic heterocycles. The zero-order valence-corrected chi connectivity index (χ0v) is 13.0. The first kappa shape index (κ1) is 15.6. The third-order valence-corrected chi connectivity index (χ3v) is 4.35. The summed E-state index contributed by atoms with van der Waals surface area (Å²) in [5.74, 6) is -1.17. The molecule has 0 saturated carbocycles. The summed E-state index contributed by atoms with van der Waals surface area (Å²) >= 11 is 0.876. The summed E-state index contributed by atoms with van der Waals surface area (Å²) in [6.45, 7) is 0. The molecule has 3 rings (SSSR count). The first-order chi connectivity index (χ1) is 11.5. The van der Waals surface area contributed by atoms with Gasteiger partial charge in [-0.1, -0.05) is 18.2 Å². The first-order valence-corrected chi connectivity index (χ1v) is 7.64. The van der Waals surface area contributed by atoms with Crippen molar-refractivity contribution in [3.63, 3.8) is 0 Å². The largest absolute Gasteiger partial charge is 0.477 e. The fraction of sp³-hybridized carbons (Fsp3) is 0. The number of benzene rings is 1. The average molecular weight is 341 g/mol. The third-order valence-electron chi connectivity index (χ3n) is 3.27. The molecule has 0 amide bonds. The highest BCUT2D eigenvalue weighted by Crippen LogP contribution is 2.31. The molecule has 1 aromatic carbocycles. The molecule has 8 heteroatoms. The number of hydrogen-bond donors (Lipinski definition) is 1. The number of hydrogen-bond acceptors (Lipinski definition) is 5. The Balaban J connectivity index is 1.85. The monoisotopic (exact) mass is 341 g/mol. The summed E-state index contributed by atoms with van der Waals surface area (Å²) < 4.78 is 1.86. The number of nitrogens with zero attached hydrogens (tertiary/aromatic N) is 3. The van der Waals surface area contributed by atoms with Crippen LogP contribution in [-0.4, -0.2) is 25.6 Å². The van der Waals surface area contributed by atoms with Crippen molar-refractivity contribution in [2.75, 3.05) is 0 Å². The fourth-order valence-corrected chi connectivity index (χ4v) is 2.97. The lowest BCUT2D eigenvalue weighted by atomic mass is 10.2. The van der Waals surface area contributed by atoms with Crippen molar-refractivity contribution >= 4 is 35.1 Å². The molecule has 0 aliphatic carbocycles. The van der Waals surface area contributed by atoms with Crippen molar-refractivity contribution in [1.82, 2.24) is 9.55 Å². The van der Waals surface area contributed by atoms with E-state index < -0.39 is 10.9 Å². The van der Waals surface area contributed by atoms with Crippen molar-refractivity contribution < 1.29 is 14.8 Å². The first-order valence-electron chi connectivity index (χ1n) is 6.82. The van der Waals surface area contributed by atoms with E-state index in [4.69, 9.17) is 5.11 Å². The molecule has 0 aliphatic rings. The van der Waals surface area contributed by atoms with E-state index in [2.05, 4.69) is 4.98 Å². The predicted octanol–water partition coefficient (Wildman–Crippen LogP) is 3.71. The van der Waals surface area contributed by atoms with Crippen LogP contribution in [0.15, 0.2) is 49.1 Å². The number of rotatable bonds is 5. The van der Waals surface area contributed by atoms with Gasteiger partial charge >= 0.3 is 5.97 Å². The Hall–Kier alpha value is -3.26. The van der Waals surface area contributed by atoms with Gasteiger partial charge in [0.15, 0.2) is 0 Å². The normalized spacial score (nSPS) is 11.0. The van der Waals surface area contributed by atoms with Gasteiger partial charge in [-0.15, -0.1) is 11.3 Å². The van der Waals surface area contributed by atoms with Crippen LogP contribution in [0.2, 0.25) is 0 Å². The molecule has 120 valence electrons. The molecule has 0 atom stereocenters. The number of aromatic carboxylic acids is 1. The zero-order chi connectivity index (χ0) is 17.1. The molecule has 3 aromatic rings. The Kier molecular flexibility index (Phi) is 4.21. The maximum absolute atomic E-state index is 11.0. The molecule has 24 heavy (non-hydrogen) atoms. The maximum Gasteiger partial charge on any atom is 0.346 e. The predicted molar refractivity (Wildman–Crippen MR) is 90.4 cm³/mol. The summed E-state index contributed by atoms with van der Waals surface area (Å²) in [5, 5.41) is 20.0. The average Bonchev–Trinajstić information content (AvgIpc) is 3.23. The van der Waals surface area contributed by atoms with Gasteiger partial charge in [0.1, 0.15) is 9.75 Å². The van der Waals surface area contributed by atoms with Gasteiger partial charge in [0, 0.05) is 24.1 Å². The summed E-state index contributed by atoms with van der Waals surface area (Å²) in [7, 11) is 0. The molecule has 1 N–H and O–H groups in total. The minimum absolute atomic E-state index is 0.0585. The van der Waals surface area contributed by atoms with Gasteiger partial charge in [-0.05, 0) is 23.8 Å². The van der Waals surface area contributed by atoms with E-state index in [1.165, 1.54) is 0 Å². The van der Waals surface area contributed by atoms with Crippen LogP contribution in [0.1, 0.15) is 20.1 Å². The highest BCUT2D eigenvalue weighted by Gasteiger charge is 2.20. The standard InChI is InChI=1S/C16H11N3O4S/c20-16(21)15-9-13(19(22)23)14(24-15)6-3-11-1-4-12(5-2-11)18-8-7-17-10-18/h1-10H,(H,20,21). The number of thiophene rings is 1. The molecule has 0 radical (unpaired) electrons. The molecule has 0 unspecified atom stereocenters. The van der Waals surface area contributed by atoms with Crippen molar-refractivity contribution in [1.29, 1.82) is 0 Å². The summed E-state index contributed by atoms with van der Waals surface area (Å²) in [4.78, 5) is 25.6. The molecule has 7 nitrogen and oxygen atoms in total. The molecular formula is C16H11N3O4S. The van der Waals surface area contributed by atoms with Crippen molar-refractivity contribution in [2.45, 2.75) is 0 Å². The second kappa shape index (κ2) is 6.47. The Morgan fingerprint density at radius 2 is 2.04 bits per heavy atom. The summed E-state index contributed by atoms with van der Waals surface area (Å²) in [6, 6.07) is 8.60. The van der Waals surface area contributed by atoms with Crippen LogP contribution in [0.25, 0.3) is 17.8 Å². The zero-order valence-electron chi connectivity index (χ0n) is 12.2. The van der Waals surface area contributed by atoms with Gasteiger partial charge < -0.3 is 9.67 Å². The van der Waals surface area contributed by atoms with E-state index in [1.54, 1.807) is 24.7 Å². The van der Waals surface area contributed by atoms with E-state index in [1.807, 2.05) is 35.0 Å². The van der Waals surface area contributed by atoms with E-state index in [0.717, 1.165) is 28.7 Å². The van der Waals surface area contributed by atoms with Gasteiger partial charge in [-0.2, -0.15) is 0 Å². The van der Waals surface area contributed by atoms with Crippen LogP contribution in [0.4, 0.5) is 5.69 Å². The molecule has 2 heterocycles. The Morgan fingerprint density at radius 1 is 1.29 bits per heavy atom. The number of aromatic nitrogens is 2. The number of imidazole rings is 1. The summed E-state index contributed by atoms with van der Waals surface area (Å²) in [6.07, 6.45) is 8.47. The SMILES string of the molecule is O=C(O)c1cc([N+](=O)[O-])c(C=Cc2ccc(-n3ccnc3)cc2)s1. The van der Waals surface area contributed by atoms with Gasteiger partial charge in [0.05, 0.1) is 11.3 Å². The van der Waals surface area contributed by atoms with Gasteiger partial charge in [0.25, 0.3) is 5.69 Å². The van der Waals surface area contributed by atoms with Crippen LogP contribution in [0.5, 0.6) is 0 Å². The van der Waals surface area contributed by atoms with Crippen molar-refractivity contribution in [2.24, 2.45) is 0 Å². The Morgan fingerprint density at radius 3 is 2.62 bits per heavy atom. The third kappa shape index (κ3) is 3.23. The smallest absolute Gasteiger partial charge is 0.346 e. The molecular weight excluding hydrogens is 330 g/mol. The van der Waals surface area contributed by atoms with Gasteiger partial charge in [0.2, 0.25) is 0 Å². The fourth-order valence-electron chi connectivity index (χ4n) is 2.10. The van der Waals surface area contributed by atoms with Gasteiger partial charge in [-0.25, -0.2) is 9.78 Å². The molecule has 0 fully saturated rings. The van der Waals surface area contributed by atoms with Gasteiger partial charge in [-0.3, -0.25) is 10.1 Å². The highest BCUT2D eigenvalue weighted by atomic mass is 32.1. The van der Waals surface area contributed by atoms with E-state index >= 15 is 0 Å². The molecule has 2 aromatic heterocycles. The number of nitro groups is 1. The second-order valence-corrected chi connectivity index (χ2v) is 5.90. The molecule has 0 saturated heterocycles. The topological polar surface area (TPSA) is 98.3 Å². The second-order valence-electron chi connectivity index (χ2n) is 4.82. The van der Waals surface area contributed by atoms with Crippen LogP contribution in [0.3, 0.4) is 0 Å². The Labute approximate surface area is 140 Å². The van der Waals surface area contributed by atoms with Crippen LogP contribution in [0, 0.1) is 10.1 Å². The number of carboxylic acid groups (broad SMARTS) is 1. The van der Waals surface area contributed by atoms with Crippen molar-refractivity contribution in [3.05, 3.63) is 74.5 Å². The lowest BCUT2D eigenvalue weighted by Crippen LogP contribution is -1.91. The quantitative estimate of drug-likeness (QED) is 0.563. The van der Waals surface area contributed by atoms with Crippen LogP contribution >= 0.6 is 11.3 Å². The lowest BCUT2D eigenvalue weighted by molar-refractivity contribution is -0.384. The van der Waals surface area contributed by atoms with Crippen LogP contribution < -0.4 is 0 Å². The highest BCUT2D eigenvalue weighted by molar-refractivity contribution is 7.15. The minimum Gasteiger partial charge on any atom is -0.477 e. The van der Waals surface area contributed by atoms with Crippen LogP contribution in [-0.2, 0) is 0 Å². The molecule has 0 bridgehead atoms. The Bertz CT molecular complexity index is 911. The summed E-state index contributed by atoms with van der Waals surface area (Å²) in [5.41, 5.74) is 1.59. The van der Waals surface area contributed by atoms with E-state index in [-0.39, 0.29) is 10.6 Å². The minimum atomic E-state index is -1.17.